The summed E-state index contributed by atoms with van der Waals surface area (Å²) in [6.07, 6.45) is 2.57. The highest BCUT2D eigenvalue weighted by atomic mass is 19.2. The second kappa shape index (κ2) is 6.39. The summed E-state index contributed by atoms with van der Waals surface area (Å²) in [5, 5.41) is 3.13. The van der Waals surface area contributed by atoms with Gasteiger partial charge in [0.25, 0.3) is 0 Å². The molecule has 3 N–H and O–H groups in total. The Hall–Kier alpha value is -1.69. The molecule has 1 unspecified atom stereocenters. The van der Waals surface area contributed by atoms with Gasteiger partial charge >= 0.3 is 0 Å². The van der Waals surface area contributed by atoms with E-state index in [9.17, 15) is 13.6 Å². The molecule has 1 aliphatic carbocycles. The van der Waals surface area contributed by atoms with Crippen LogP contribution in [0.1, 0.15) is 26.2 Å². The van der Waals surface area contributed by atoms with Crippen LogP contribution in [-0.2, 0) is 4.79 Å². The number of rotatable bonds is 8. The monoisotopic (exact) mass is 298 g/mol. The molecule has 4 nitrogen and oxygen atoms in total. The number of hydrogen-bond acceptors (Lipinski definition) is 3. The highest BCUT2D eigenvalue weighted by molar-refractivity contribution is 5.85. The summed E-state index contributed by atoms with van der Waals surface area (Å²) >= 11 is 0. The standard InChI is InChI=1S/C15H20F2N2O2/c1-2-8-19-15(14(18)20,10-6-7-10)9-21-12-5-3-4-11(16)13(12)17/h3-5,10,19H,2,6-9H2,1H3,(H2,18,20). The van der Waals surface area contributed by atoms with Crippen LogP contribution in [0.4, 0.5) is 8.78 Å². The van der Waals surface area contributed by atoms with Crippen molar-refractivity contribution in [2.24, 2.45) is 11.7 Å². The third-order valence-electron chi connectivity index (χ3n) is 3.78. The van der Waals surface area contributed by atoms with Crippen molar-refractivity contribution in [2.75, 3.05) is 13.2 Å². The van der Waals surface area contributed by atoms with E-state index in [0.717, 1.165) is 25.3 Å². The first-order valence-corrected chi connectivity index (χ1v) is 7.13. The highest BCUT2D eigenvalue weighted by Gasteiger charge is 2.50. The van der Waals surface area contributed by atoms with Gasteiger partial charge in [-0.1, -0.05) is 13.0 Å². The van der Waals surface area contributed by atoms with Gasteiger partial charge in [0, 0.05) is 0 Å². The molecule has 0 heterocycles. The first-order chi connectivity index (χ1) is 10.0. The second-order valence-corrected chi connectivity index (χ2v) is 5.38. The molecule has 1 saturated carbocycles. The Balaban J connectivity index is 2.15. The van der Waals surface area contributed by atoms with Gasteiger partial charge in [-0.2, -0.15) is 4.39 Å². The van der Waals surface area contributed by atoms with E-state index in [1.54, 1.807) is 0 Å². The lowest BCUT2D eigenvalue weighted by Crippen LogP contribution is -2.61. The van der Waals surface area contributed by atoms with Crippen molar-refractivity contribution in [1.82, 2.24) is 5.32 Å². The third kappa shape index (κ3) is 3.32. The van der Waals surface area contributed by atoms with Crippen molar-refractivity contribution in [3.8, 4) is 5.75 Å². The smallest absolute Gasteiger partial charge is 0.241 e. The first-order valence-electron chi connectivity index (χ1n) is 7.13. The zero-order valence-corrected chi connectivity index (χ0v) is 12.0. The van der Waals surface area contributed by atoms with Gasteiger partial charge in [0.1, 0.15) is 12.1 Å². The normalized spacial score (nSPS) is 17.3. The predicted molar refractivity (Wildman–Crippen MR) is 74.8 cm³/mol. The summed E-state index contributed by atoms with van der Waals surface area (Å²) in [6, 6.07) is 3.70. The lowest BCUT2D eigenvalue weighted by atomic mass is 9.93. The maximum atomic E-state index is 13.6. The molecular formula is C15H20F2N2O2. The summed E-state index contributed by atoms with van der Waals surface area (Å²) in [5.74, 6) is -2.68. The molecule has 1 aromatic rings. The van der Waals surface area contributed by atoms with Crippen LogP contribution in [0, 0.1) is 17.6 Å². The lowest BCUT2D eigenvalue weighted by molar-refractivity contribution is -0.126. The largest absolute Gasteiger partial charge is 0.488 e. The molecule has 6 heteroatoms. The summed E-state index contributed by atoms with van der Waals surface area (Å²) in [6.45, 7) is 2.47. The molecule has 0 aromatic heterocycles. The van der Waals surface area contributed by atoms with E-state index in [1.165, 1.54) is 12.1 Å². The molecule has 116 valence electrons. The van der Waals surface area contributed by atoms with E-state index in [2.05, 4.69) is 5.32 Å². The number of ether oxygens (including phenoxy) is 1. The molecule has 0 spiro atoms. The molecule has 2 rings (SSSR count). The van der Waals surface area contributed by atoms with Gasteiger partial charge in [0.2, 0.25) is 11.7 Å². The van der Waals surface area contributed by atoms with E-state index in [0.29, 0.717) is 6.54 Å². The topological polar surface area (TPSA) is 64.3 Å². The summed E-state index contributed by atoms with van der Waals surface area (Å²) < 4.78 is 32.1. The summed E-state index contributed by atoms with van der Waals surface area (Å²) in [5.41, 5.74) is 4.52. The van der Waals surface area contributed by atoms with E-state index < -0.39 is 23.1 Å². The predicted octanol–water partition coefficient (Wildman–Crippen LogP) is 1.98. The van der Waals surface area contributed by atoms with Gasteiger partial charge in [0.15, 0.2) is 11.6 Å². The highest BCUT2D eigenvalue weighted by Crippen LogP contribution is 2.40. The van der Waals surface area contributed by atoms with Gasteiger partial charge < -0.3 is 15.8 Å². The summed E-state index contributed by atoms with van der Waals surface area (Å²) in [4.78, 5) is 11.9. The van der Waals surface area contributed by atoms with Crippen LogP contribution in [-0.4, -0.2) is 24.6 Å². The minimum absolute atomic E-state index is 0.0816. The molecule has 1 aliphatic rings. The van der Waals surface area contributed by atoms with E-state index in [1.807, 2.05) is 6.92 Å². The van der Waals surface area contributed by atoms with Gasteiger partial charge in [-0.05, 0) is 43.9 Å². The Bertz CT molecular complexity index is 520. The fourth-order valence-corrected chi connectivity index (χ4v) is 2.38. The van der Waals surface area contributed by atoms with Crippen molar-refractivity contribution >= 4 is 5.91 Å². The molecule has 21 heavy (non-hydrogen) atoms. The van der Waals surface area contributed by atoms with Crippen molar-refractivity contribution in [3.05, 3.63) is 29.8 Å². The molecule has 0 radical (unpaired) electrons. The van der Waals surface area contributed by atoms with Crippen molar-refractivity contribution in [2.45, 2.75) is 31.7 Å². The Kier molecular flexibility index (Phi) is 4.77. The molecule has 1 fully saturated rings. The number of hydrogen-bond donors (Lipinski definition) is 2. The maximum Gasteiger partial charge on any atom is 0.241 e. The molecule has 0 bridgehead atoms. The third-order valence-corrected chi connectivity index (χ3v) is 3.78. The number of carbonyl (C=O) groups is 1. The van der Waals surface area contributed by atoms with Crippen LogP contribution in [0.25, 0.3) is 0 Å². The Labute approximate surface area is 122 Å². The zero-order valence-electron chi connectivity index (χ0n) is 12.0. The second-order valence-electron chi connectivity index (χ2n) is 5.38. The van der Waals surface area contributed by atoms with Crippen molar-refractivity contribution in [1.29, 1.82) is 0 Å². The van der Waals surface area contributed by atoms with Gasteiger partial charge in [-0.25, -0.2) is 4.39 Å². The number of amides is 1. The van der Waals surface area contributed by atoms with Crippen LogP contribution in [0.2, 0.25) is 0 Å². The van der Waals surface area contributed by atoms with E-state index in [4.69, 9.17) is 10.5 Å². The molecular weight excluding hydrogens is 278 g/mol. The number of carbonyl (C=O) groups excluding carboxylic acids is 1. The SMILES string of the molecule is CCCNC(COc1cccc(F)c1F)(C(N)=O)C1CC1. The van der Waals surface area contributed by atoms with Crippen LogP contribution < -0.4 is 15.8 Å². The van der Waals surface area contributed by atoms with Gasteiger partial charge in [0.05, 0.1) is 0 Å². The number of nitrogens with one attached hydrogen (secondary N) is 1. The van der Waals surface area contributed by atoms with E-state index in [-0.39, 0.29) is 18.3 Å². The van der Waals surface area contributed by atoms with Gasteiger partial charge in [-0.15, -0.1) is 0 Å². The fourth-order valence-electron chi connectivity index (χ4n) is 2.38. The molecule has 1 atom stereocenters. The molecule has 1 amide bonds. The first kappa shape index (κ1) is 15.7. The van der Waals surface area contributed by atoms with Gasteiger partial charge in [-0.3, -0.25) is 4.79 Å². The Morgan fingerprint density at radius 1 is 1.48 bits per heavy atom. The fraction of sp³-hybridized carbons (Fsp3) is 0.533. The number of primary amides is 1. The summed E-state index contributed by atoms with van der Waals surface area (Å²) in [7, 11) is 0. The Morgan fingerprint density at radius 3 is 2.76 bits per heavy atom. The maximum absolute atomic E-state index is 13.6. The Morgan fingerprint density at radius 2 is 2.19 bits per heavy atom. The zero-order chi connectivity index (χ0) is 15.5. The lowest BCUT2D eigenvalue weighted by Gasteiger charge is -2.31. The van der Waals surface area contributed by atoms with Crippen LogP contribution in [0.5, 0.6) is 5.75 Å². The number of halogens is 2. The quantitative estimate of drug-likeness (QED) is 0.771. The number of benzene rings is 1. The molecule has 0 aliphatic heterocycles. The van der Waals surface area contributed by atoms with E-state index >= 15 is 0 Å². The average Bonchev–Trinajstić information content (AvgIpc) is 3.28. The average molecular weight is 298 g/mol. The van der Waals surface area contributed by atoms with Crippen molar-refractivity contribution in [3.63, 3.8) is 0 Å². The van der Waals surface area contributed by atoms with Crippen LogP contribution >= 0.6 is 0 Å². The van der Waals surface area contributed by atoms with Crippen molar-refractivity contribution < 1.29 is 18.3 Å². The minimum atomic E-state index is -1.05. The minimum Gasteiger partial charge on any atom is -0.488 e. The number of nitrogens with two attached hydrogens (primary N) is 1. The molecule has 0 saturated heterocycles. The molecule has 1 aromatic carbocycles. The van der Waals surface area contributed by atoms with Crippen LogP contribution in [0.15, 0.2) is 18.2 Å². The van der Waals surface area contributed by atoms with Crippen LogP contribution in [0.3, 0.4) is 0 Å².